The molecule has 1 radical (unpaired) electrons. The third kappa shape index (κ3) is 4.00. The van der Waals surface area contributed by atoms with E-state index >= 15 is 0 Å². The van der Waals surface area contributed by atoms with Gasteiger partial charge in [-0.25, -0.2) is 13.8 Å². The highest BCUT2D eigenvalue weighted by molar-refractivity contribution is 5.92. The zero-order valence-electron chi connectivity index (χ0n) is 19.1. The molecule has 5 heterocycles. The summed E-state index contributed by atoms with van der Waals surface area (Å²) in [7, 11) is 0. The van der Waals surface area contributed by atoms with Crippen molar-refractivity contribution in [2.75, 3.05) is 26.2 Å². The first-order chi connectivity index (χ1) is 16.5. The normalized spacial score (nSPS) is 22.8. The number of H-pyrrole nitrogens is 1. The molecule has 2 aliphatic heterocycles. The number of piperidine rings is 1. The Morgan fingerprint density at radius 2 is 1.85 bits per heavy atom. The van der Waals surface area contributed by atoms with Gasteiger partial charge in [-0.15, -0.1) is 0 Å². The number of halogens is 2. The Bertz CT molecular complexity index is 1170. The van der Waals surface area contributed by atoms with E-state index in [2.05, 4.69) is 26.2 Å². The predicted octanol–water partition coefficient (Wildman–Crippen LogP) is 3.94. The Labute approximate surface area is 197 Å². The summed E-state index contributed by atoms with van der Waals surface area (Å²) >= 11 is 0. The van der Waals surface area contributed by atoms with Crippen molar-refractivity contribution >= 4 is 16.9 Å². The van der Waals surface area contributed by atoms with E-state index in [-0.39, 0.29) is 24.7 Å². The molecule has 179 valence electrons. The second kappa shape index (κ2) is 8.45. The molecule has 2 saturated heterocycles. The van der Waals surface area contributed by atoms with Crippen molar-refractivity contribution < 1.29 is 13.6 Å². The third-order valence-corrected chi connectivity index (χ3v) is 7.81. The topological polar surface area (TPSA) is 70.1 Å². The third-order valence-electron chi connectivity index (χ3n) is 7.81. The van der Waals surface area contributed by atoms with Crippen molar-refractivity contribution in [1.82, 2.24) is 29.5 Å². The monoisotopic (exact) mass is 467 g/mol. The number of aromatic nitrogens is 4. The molecule has 6 rings (SSSR count). The fourth-order valence-electron chi connectivity index (χ4n) is 5.67. The summed E-state index contributed by atoms with van der Waals surface area (Å²) in [4.78, 5) is 24.7. The van der Waals surface area contributed by atoms with Gasteiger partial charge in [0.05, 0.1) is 6.20 Å². The molecule has 1 N–H and O–H groups in total. The Hall–Kier alpha value is -2.81. The van der Waals surface area contributed by atoms with Gasteiger partial charge in [-0.3, -0.25) is 14.4 Å². The van der Waals surface area contributed by atoms with Crippen molar-refractivity contribution in [1.29, 1.82) is 0 Å². The minimum atomic E-state index is -2.59. The van der Waals surface area contributed by atoms with Crippen molar-refractivity contribution in [2.24, 2.45) is 5.92 Å². The number of aromatic amines is 1. The first-order valence-electron chi connectivity index (χ1n) is 12.2. The van der Waals surface area contributed by atoms with Gasteiger partial charge in [-0.1, -0.05) is 0 Å². The summed E-state index contributed by atoms with van der Waals surface area (Å²) in [6.07, 6.45) is 9.90. The number of hydrogen-bond acceptors (Lipinski definition) is 4. The van der Waals surface area contributed by atoms with Crippen LogP contribution in [0, 0.1) is 12.0 Å². The molecule has 3 fully saturated rings. The van der Waals surface area contributed by atoms with E-state index in [1.54, 1.807) is 0 Å². The lowest BCUT2D eigenvalue weighted by Crippen LogP contribution is -2.57. The molecule has 34 heavy (non-hydrogen) atoms. The molecule has 9 heteroatoms. The molecule has 1 aliphatic carbocycles. The van der Waals surface area contributed by atoms with Crippen LogP contribution in [0.4, 0.5) is 8.78 Å². The van der Waals surface area contributed by atoms with Crippen LogP contribution in [-0.2, 0) is 4.79 Å². The predicted molar refractivity (Wildman–Crippen MR) is 124 cm³/mol. The summed E-state index contributed by atoms with van der Waals surface area (Å²) in [6.45, 7) is 3.21. The summed E-state index contributed by atoms with van der Waals surface area (Å²) in [6, 6.07) is 5.78. The van der Waals surface area contributed by atoms with Gasteiger partial charge in [0.2, 0.25) is 11.8 Å². The summed E-state index contributed by atoms with van der Waals surface area (Å²) in [5.41, 5.74) is 3.07. The van der Waals surface area contributed by atoms with Gasteiger partial charge in [0, 0.05) is 80.5 Å². The van der Waals surface area contributed by atoms with E-state index in [4.69, 9.17) is 0 Å². The number of carbonyl (C=O) groups is 1. The molecule has 1 saturated carbocycles. The van der Waals surface area contributed by atoms with Crippen LogP contribution in [-0.4, -0.2) is 73.6 Å². The lowest BCUT2D eigenvalue weighted by Gasteiger charge is -2.46. The zero-order chi connectivity index (χ0) is 23.3. The van der Waals surface area contributed by atoms with Crippen molar-refractivity contribution in [3.63, 3.8) is 0 Å². The Kier molecular flexibility index (Phi) is 5.39. The highest BCUT2D eigenvalue weighted by atomic mass is 19.3. The molecule has 3 aliphatic rings. The van der Waals surface area contributed by atoms with Gasteiger partial charge in [0.25, 0.3) is 0 Å². The van der Waals surface area contributed by atoms with E-state index in [1.165, 1.54) is 6.04 Å². The number of nitrogens with one attached hydrogen (secondary N) is 1. The van der Waals surface area contributed by atoms with Crippen LogP contribution in [0.1, 0.15) is 38.5 Å². The second-order valence-electron chi connectivity index (χ2n) is 9.93. The van der Waals surface area contributed by atoms with Crippen molar-refractivity contribution in [3.05, 3.63) is 43.0 Å². The van der Waals surface area contributed by atoms with Gasteiger partial charge in [0.15, 0.2) is 0 Å². The standard InChI is InChI=1S/C25H29F2N6O/c26-25(27)7-1-17(2-8-25)24(34)31-11-5-19(6-12-31)32-15-20(16-32)33-14-18(13-30-33)21-3-9-28-23-22(21)4-10-29-23/h3-4,9-10,13-14,17,19H,1-2,5-8,11-12,15-16H2,(H,28,29). The van der Waals surface area contributed by atoms with Crippen molar-refractivity contribution in [2.45, 2.75) is 50.5 Å². The maximum Gasteiger partial charge on any atom is 0.248 e. The van der Waals surface area contributed by atoms with Crippen LogP contribution < -0.4 is 0 Å². The van der Waals surface area contributed by atoms with Crippen LogP contribution in [0.2, 0.25) is 0 Å². The molecule has 3 aromatic rings. The molecular weight excluding hydrogens is 438 g/mol. The van der Waals surface area contributed by atoms with Gasteiger partial charge < -0.3 is 9.88 Å². The van der Waals surface area contributed by atoms with Crippen LogP contribution in [0.3, 0.4) is 0 Å². The van der Waals surface area contributed by atoms with E-state index in [0.29, 0.717) is 18.9 Å². The zero-order valence-corrected chi connectivity index (χ0v) is 19.1. The van der Waals surface area contributed by atoms with Crippen LogP contribution >= 0.6 is 0 Å². The molecule has 7 nitrogen and oxygen atoms in total. The number of hydrogen-bond donors (Lipinski definition) is 1. The Morgan fingerprint density at radius 3 is 2.62 bits per heavy atom. The number of amides is 1. The number of fused-ring (bicyclic) bond motifs is 1. The SMILES string of the molecule is O=C(C1CCC(F)(F)CC1)N1CCC(N2C[C](n3cc(-c4ccnc5[nH]ccc45)cn3)C2)CC1. The number of carbonyl (C=O) groups excluding carboxylic acids is 1. The average Bonchev–Trinajstić information content (AvgIpc) is 3.48. The molecule has 1 amide bonds. The highest BCUT2D eigenvalue weighted by Gasteiger charge is 2.41. The van der Waals surface area contributed by atoms with Crippen LogP contribution in [0.15, 0.2) is 36.9 Å². The molecular formula is C25H29F2N6O. The maximum atomic E-state index is 13.4. The minimum absolute atomic E-state index is 0.0847. The number of pyridine rings is 1. The summed E-state index contributed by atoms with van der Waals surface area (Å²) < 4.78 is 28.8. The van der Waals surface area contributed by atoms with Gasteiger partial charge in [0.1, 0.15) is 11.7 Å². The fourth-order valence-corrected chi connectivity index (χ4v) is 5.67. The first-order valence-corrected chi connectivity index (χ1v) is 12.2. The van der Waals surface area contributed by atoms with Crippen LogP contribution in [0.25, 0.3) is 22.2 Å². The smallest absolute Gasteiger partial charge is 0.248 e. The molecule has 0 bridgehead atoms. The second-order valence-corrected chi connectivity index (χ2v) is 9.93. The highest BCUT2D eigenvalue weighted by Crippen LogP contribution is 2.37. The Balaban J connectivity index is 1.01. The van der Waals surface area contributed by atoms with Crippen molar-refractivity contribution in [3.8, 4) is 11.1 Å². The maximum absolute atomic E-state index is 13.4. The lowest BCUT2D eigenvalue weighted by molar-refractivity contribution is -0.141. The minimum Gasteiger partial charge on any atom is -0.346 e. The van der Waals surface area contributed by atoms with Gasteiger partial charge >= 0.3 is 0 Å². The first kappa shape index (κ1) is 21.7. The summed E-state index contributed by atoms with van der Waals surface area (Å²) in [5.74, 6) is -2.72. The van der Waals surface area contributed by atoms with Gasteiger partial charge in [-0.05, 0) is 43.4 Å². The molecule has 0 aromatic carbocycles. The number of alkyl halides is 2. The number of nitrogens with zero attached hydrogens (tertiary/aromatic N) is 5. The van der Waals surface area contributed by atoms with E-state index in [0.717, 1.165) is 61.2 Å². The fraction of sp³-hybridized carbons (Fsp3) is 0.520. The quantitative estimate of drug-likeness (QED) is 0.631. The average molecular weight is 468 g/mol. The number of rotatable bonds is 4. The Morgan fingerprint density at radius 1 is 1.09 bits per heavy atom. The van der Waals surface area contributed by atoms with Gasteiger partial charge in [-0.2, -0.15) is 5.10 Å². The van der Waals surface area contributed by atoms with E-state index in [9.17, 15) is 13.6 Å². The molecule has 0 spiro atoms. The molecule has 3 aromatic heterocycles. The lowest BCUT2D eigenvalue weighted by atomic mass is 9.85. The molecule has 0 atom stereocenters. The largest absolute Gasteiger partial charge is 0.346 e. The molecule has 0 unspecified atom stereocenters. The number of likely N-dealkylation sites (tertiary alicyclic amines) is 2. The van der Waals surface area contributed by atoms with E-state index < -0.39 is 5.92 Å². The summed E-state index contributed by atoms with van der Waals surface area (Å²) in [5, 5.41) is 5.69. The van der Waals surface area contributed by atoms with E-state index in [1.807, 2.05) is 40.3 Å². The van der Waals surface area contributed by atoms with Crippen LogP contribution in [0.5, 0.6) is 0 Å².